The first kappa shape index (κ1) is 27.7. The van der Waals surface area contributed by atoms with Gasteiger partial charge in [-0.3, -0.25) is 19.8 Å². The fourth-order valence-electron chi connectivity index (χ4n) is 4.39. The number of carbonyl (C=O) groups excluding carboxylic acids is 1. The molecule has 1 atom stereocenters. The van der Waals surface area contributed by atoms with Crippen LogP contribution in [0.4, 0.5) is 11.4 Å². The highest BCUT2D eigenvalue weighted by atomic mass is 32.2. The Morgan fingerprint density at radius 1 is 0.951 bits per heavy atom. The minimum atomic E-state index is -0.491. The van der Waals surface area contributed by atoms with Crippen molar-refractivity contribution in [2.75, 3.05) is 7.11 Å². The molecule has 0 saturated carbocycles. The lowest BCUT2D eigenvalue weighted by Gasteiger charge is -2.24. The van der Waals surface area contributed by atoms with E-state index in [-0.39, 0.29) is 35.6 Å². The smallest absolute Gasteiger partial charge is 0.280 e. The second-order valence-electron chi connectivity index (χ2n) is 9.20. The maximum Gasteiger partial charge on any atom is 0.280 e. The lowest BCUT2D eigenvalue weighted by Crippen LogP contribution is -2.32. The Morgan fingerprint density at radius 2 is 1.59 bits per heavy atom. The molecule has 0 aromatic heterocycles. The van der Waals surface area contributed by atoms with Gasteiger partial charge in [-0.25, -0.2) is 4.99 Å². The summed E-state index contributed by atoms with van der Waals surface area (Å²) in [5.41, 5.74) is 2.57. The van der Waals surface area contributed by atoms with E-state index < -0.39 is 4.92 Å². The normalized spacial score (nSPS) is 15.8. The molecule has 0 aliphatic carbocycles. The third kappa shape index (κ3) is 6.31. The first-order valence-corrected chi connectivity index (χ1v) is 13.7. The van der Waals surface area contributed by atoms with Crippen LogP contribution in [0.3, 0.4) is 0 Å². The third-order valence-corrected chi connectivity index (χ3v) is 7.50. The number of amides is 1. The van der Waals surface area contributed by atoms with E-state index in [0.29, 0.717) is 21.5 Å². The summed E-state index contributed by atoms with van der Waals surface area (Å²) in [6.45, 7) is 2.15. The number of nitrogens with zero attached hydrogens (tertiary/aromatic N) is 3. The quantitative estimate of drug-likeness (QED) is 0.118. The summed E-state index contributed by atoms with van der Waals surface area (Å²) in [4.78, 5) is 32.1. The number of nitro benzene ring substituents is 1. The molecule has 0 spiro atoms. The summed E-state index contributed by atoms with van der Waals surface area (Å²) in [7, 11) is 1.47. The van der Waals surface area contributed by atoms with E-state index in [4.69, 9.17) is 14.5 Å². The van der Waals surface area contributed by atoms with Gasteiger partial charge < -0.3 is 9.47 Å². The van der Waals surface area contributed by atoms with Gasteiger partial charge in [0.1, 0.15) is 6.61 Å². The second kappa shape index (κ2) is 12.5. The Hall–Kier alpha value is -4.89. The molecule has 8 nitrogen and oxygen atoms in total. The van der Waals surface area contributed by atoms with Crippen LogP contribution in [0.25, 0.3) is 6.08 Å². The lowest BCUT2D eigenvalue weighted by atomic mass is 10.1. The van der Waals surface area contributed by atoms with Crippen molar-refractivity contribution in [2.45, 2.75) is 19.6 Å². The van der Waals surface area contributed by atoms with Crippen molar-refractivity contribution in [1.29, 1.82) is 0 Å². The van der Waals surface area contributed by atoms with Crippen molar-refractivity contribution < 1.29 is 19.2 Å². The molecule has 1 saturated heterocycles. The molecule has 41 heavy (non-hydrogen) atoms. The molecule has 1 fully saturated rings. The molecule has 1 amide bonds. The number of rotatable bonds is 9. The molecule has 4 aromatic carbocycles. The summed E-state index contributed by atoms with van der Waals surface area (Å²) in [5.74, 6) is 0.265. The summed E-state index contributed by atoms with van der Waals surface area (Å²) in [6.07, 6.45) is 1.52. The summed E-state index contributed by atoms with van der Waals surface area (Å²) in [6, 6.07) is 31.0. The Morgan fingerprint density at radius 3 is 2.22 bits per heavy atom. The van der Waals surface area contributed by atoms with Crippen LogP contribution >= 0.6 is 11.8 Å². The van der Waals surface area contributed by atoms with E-state index in [1.807, 2.05) is 97.9 Å². The van der Waals surface area contributed by atoms with Gasteiger partial charge in [-0.1, -0.05) is 78.9 Å². The van der Waals surface area contributed by atoms with Gasteiger partial charge in [0.05, 0.1) is 40.3 Å². The van der Waals surface area contributed by atoms with Crippen molar-refractivity contribution >= 4 is 40.3 Å². The zero-order valence-electron chi connectivity index (χ0n) is 22.5. The zero-order valence-corrected chi connectivity index (χ0v) is 23.3. The van der Waals surface area contributed by atoms with Crippen molar-refractivity contribution in [2.24, 2.45) is 4.99 Å². The third-order valence-electron chi connectivity index (χ3n) is 6.52. The van der Waals surface area contributed by atoms with Crippen LogP contribution in [0.15, 0.2) is 113 Å². The topological polar surface area (TPSA) is 94.3 Å². The number of hydrogen-bond acceptors (Lipinski definition) is 7. The first-order valence-electron chi connectivity index (χ1n) is 12.9. The van der Waals surface area contributed by atoms with Crippen molar-refractivity contribution in [3.63, 3.8) is 0 Å². The molecule has 1 aliphatic heterocycles. The van der Waals surface area contributed by atoms with Crippen molar-refractivity contribution in [3.05, 3.63) is 135 Å². The van der Waals surface area contributed by atoms with E-state index in [1.54, 1.807) is 4.90 Å². The molecular weight excluding hydrogens is 538 g/mol. The molecule has 1 aliphatic rings. The van der Waals surface area contributed by atoms with Crippen LogP contribution < -0.4 is 9.47 Å². The number of methoxy groups -OCH3 is 1. The molecule has 4 aromatic rings. The van der Waals surface area contributed by atoms with Crippen molar-refractivity contribution in [1.82, 2.24) is 4.90 Å². The molecule has 5 rings (SSSR count). The Labute approximate surface area is 242 Å². The second-order valence-corrected chi connectivity index (χ2v) is 10.2. The average Bonchev–Trinajstić information content (AvgIpc) is 3.30. The number of thioether (sulfide) groups is 1. The van der Waals surface area contributed by atoms with Gasteiger partial charge in [-0.15, -0.1) is 0 Å². The number of para-hydroxylation sites is 1. The predicted octanol–water partition coefficient (Wildman–Crippen LogP) is 7.55. The maximum absolute atomic E-state index is 13.8. The number of ether oxygens (including phenoxy) is 2. The number of benzene rings is 4. The monoisotopic (exact) mass is 565 g/mol. The van der Waals surface area contributed by atoms with E-state index >= 15 is 0 Å². The van der Waals surface area contributed by atoms with Crippen LogP contribution in [0.1, 0.15) is 29.7 Å². The predicted molar refractivity (Wildman–Crippen MR) is 161 cm³/mol. The Kier molecular flexibility index (Phi) is 8.45. The van der Waals surface area contributed by atoms with Gasteiger partial charge in [-0.2, -0.15) is 0 Å². The van der Waals surface area contributed by atoms with E-state index in [1.165, 1.54) is 37.1 Å². The van der Waals surface area contributed by atoms with Gasteiger partial charge in [0.2, 0.25) is 0 Å². The number of hydrogen-bond donors (Lipinski definition) is 0. The fourth-order valence-corrected chi connectivity index (χ4v) is 5.45. The number of nitro groups is 1. The van der Waals surface area contributed by atoms with Gasteiger partial charge in [0.25, 0.3) is 11.6 Å². The minimum Gasteiger partial charge on any atom is -0.493 e. The number of amidine groups is 1. The van der Waals surface area contributed by atoms with Crippen LogP contribution in [0.2, 0.25) is 0 Å². The maximum atomic E-state index is 13.8. The van der Waals surface area contributed by atoms with E-state index in [2.05, 4.69) is 0 Å². The highest BCUT2D eigenvalue weighted by Gasteiger charge is 2.38. The molecule has 9 heteroatoms. The molecular formula is C32H27N3O5S. The van der Waals surface area contributed by atoms with Gasteiger partial charge in [-0.05, 0) is 54.1 Å². The molecule has 0 radical (unpaired) electrons. The van der Waals surface area contributed by atoms with Gasteiger partial charge in [0, 0.05) is 0 Å². The Balaban J connectivity index is 1.53. The minimum absolute atomic E-state index is 0.203. The Bertz CT molecular complexity index is 1610. The molecule has 206 valence electrons. The van der Waals surface area contributed by atoms with E-state index in [0.717, 1.165) is 11.1 Å². The zero-order chi connectivity index (χ0) is 28.8. The highest BCUT2D eigenvalue weighted by molar-refractivity contribution is 8.18. The van der Waals surface area contributed by atoms with Crippen LogP contribution in [-0.2, 0) is 11.4 Å². The fraction of sp³-hybridized carbons (Fsp3) is 0.125. The van der Waals surface area contributed by atoms with E-state index in [9.17, 15) is 14.9 Å². The molecule has 0 unspecified atom stereocenters. The summed E-state index contributed by atoms with van der Waals surface area (Å²) >= 11 is 1.18. The summed E-state index contributed by atoms with van der Waals surface area (Å²) in [5, 5.41) is 12.6. The molecule has 0 bridgehead atoms. The first-order chi connectivity index (χ1) is 19.9. The van der Waals surface area contributed by atoms with Crippen LogP contribution in [0, 0.1) is 10.1 Å². The number of carbonyl (C=O) groups is 1. The standard InChI is InChI=1S/C32H27N3O5S/c1-22(24-14-8-4-9-15-24)34-31(36)30(41-32(34)33-26-16-10-5-11-17-26)19-25-18-28(39-2)29(20-27(25)35(37)38)40-21-23-12-6-3-7-13-23/h3-20,22H,21H2,1-2H3/b30-19+,33-32?/t22-/m0/s1. The number of aliphatic imine (C=N–C) groups is 1. The molecule has 0 N–H and O–H groups in total. The highest BCUT2D eigenvalue weighted by Crippen LogP contribution is 2.42. The molecule has 1 heterocycles. The summed E-state index contributed by atoms with van der Waals surface area (Å²) < 4.78 is 11.4. The SMILES string of the molecule is COc1cc(/C=C2/SC(=Nc3ccccc3)N([C@@H](C)c3ccccc3)C2=O)c([N+](=O)[O-])cc1OCc1ccccc1. The van der Waals surface area contributed by atoms with Crippen LogP contribution in [0.5, 0.6) is 11.5 Å². The van der Waals surface area contributed by atoms with Crippen LogP contribution in [-0.4, -0.2) is 28.0 Å². The van der Waals surface area contributed by atoms with Gasteiger partial charge in [0.15, 0.2) is 16.7 Å². The lowest BCUT2D eigenvalue weighted by molar-refractivity contribution is -0.385. The largest absolute Gasteiger partial charge is 0.493 e. The van der Waals surface area contributed by atoms with Gasteiger partial charge >= 0.3 is 0 Å². The average molecular weight is 566 g/mol. The van der Waals surface area contributed by atoms with Crippen molar-refractivity contribution in [3.8, 4) is 11.5 Å².